The Morgan fingerprint density at radius 3 is 2.66 bits per heavy atom. The second-order valence-corrected chi connectivity index (χ2v) is 8.08. The minimum atomic E-state index is -0.316. The molecule has 2 heterocycles. The Kier molecular flexibility index (Phi) is 6.34. The van der Waals surface area contributed by atoms with E-state index in [1.807, 2.05) is 13.8 Å². The van der Waals surface area contributed by atoms with Crippen LogP contribution in [0.25, 0.3) is 11.0 Å². The Balaban J connectivity index is 1.63. The van der Waals surface area contributed by atoms with Gasteiger partial charge < -0.3 is 15.8 Å². The SMILES string of the molecule is CCn1ncc2c(NC3CCC(=NO)CC3)c(C(=O)NC(C)c3ccc(F)cc3)cnc21. The third-order valence-corrected chi connectivity index (χ3v) is 5.98. The lowest BCUT2D eigenvalue weighted by molar-refractivity contribution is 0.0940. The number of oxime groups is 1. The van der Waals surface area contributed by atoms with E-state index in [2.05, 4.69) is 25.9 Å². The maximum atomic E-state index is 13.2. The summed E-state index contributed by atoms with van der Waals surface area (Å²) in [6.07, 6.45) is 6.34. The summed E-state index contributed by atoms with van der Waals surface area (Å²) in [4.78, 5) is 17.7. The van der Waals surface area contributed by atoms with Crippen LogP contribution in [0.2, 0.25) is 0 Å². The summed E-state index contributed by atoms with van der Waals surface area (Å²) in [5, 5.41) is 24.1. The summed E-state index contributed by atoms with van der Waals surface area (Å²) < 4.78 is 15.0. The van der Waals surface area contributed by atoms with E-state index in [1.165, 1.54) is 12.1 Å². The topological polar surface area (TPSA) is 104 Å². The van der Waals surface area contributed by atoms with Crippen LogP contribution in [0.4, 0.5) is 10.1 Å². The predicted molar refractivity (Wildman–Crippen MR) is 121 cm³/mol. The lowest BCUT2D eigenvalue weighted by atomic mass is 9.93. The van der Waals surface area contributed by atoms with Gasteiger partial charge >= 0.3 is 0 Å². The first-order chi connectivity index (χ1) is 15.5. The van der Waals surface area contributed by atoms with Crippen LogP contribution >= 0.6 is 0 Å². The molecule has 1 fully saturated rings. The Labute approximate surface area is 185 Å². The van der Waals surface area contributed by atoms with Crippen LogP contribution in [0.15, 0.2) is 41.8 Å². The average molecular weight is 439 g/mol. The number of amides is 1. The molecule has 0 spiro atoms. The van der Waals surface area contributed by atoms with Crippen molar-refractivity contribution in [2.24, 2.45) is 5.16 Å². The van der Waals surface area contributed by atoms with Gasteiger partial charge in [-0.15, -0.1) is 0 Å². The molecule has 1 aliphatic rings. The predicted octanol–water partition coefficient (Wildman–Crippen LogP) is 4.27. The number of nitrogens with zero attached hydrogens (tertiary/aromatic N) is 4. The minimum absolute atomic E-state index is 0.136. The zero-order chi connectivity index (χ0) is 22.7. The lowest BCUT2D eigenvalue weighted by Crippen LogP contribution is -2.30. The molecule has 1 saturated carbocycles. The fourth-order valence-corrected chi connectivity index (χ4v) is 4.09. The van der Waals surface area contributed by atoms with Crippen LogP contribution < -0.4 is 10.6 Å². The Bertz CT molecular complexity index is 1130. The van der Waals surface area contributed by atoms with Crippen LogP contribution in [-0.4, -0.2) is 37.6 Å². The fraction of sp³-hybridized carbons (Fsp3) is 0.391. The van der Waals surface area contributed by atoms with Gasteiger partial charge in [-0.25, -0.2) is 14.1 Å². The van der Waals surface area contributed by atoms with E-state index in [1.54, 1.807) is 29.2 Å². The molecule has 2 aromatic heterocycles. The maximum Gasteiger partial charge on any atom is 0.255 e. The molecule has 1 unspecified atom stereocenters. The molecule has 32 heavy (non-hydrogen) atoms. The smallest absolute Gasteiger partial charge is 0.255 e. The van der Waals surface area contributed by atoms with Gasteiger partial charge in [-0.3, -0.25) is 4.79 Å². The molecule has 1 amide bonds. The van der Waals surface area contributed by atoms with Crippen molar-refractivity contribution in [1.82, 2.24) is 20.1 Å². The molecule has 1 aliphatic carbocycles. The highest BCUT2D eigenvalue weighted by molar-refractivity contribution is 6.06. The number of carbonyl (C=O) groups excluding carboxylic acids is 1. The van der Waals surface area contributed by atoms with Gasteiger partial charge in [0.15, 0.2) is 5.65 Å². The normalized spacial score (nSPS) is 17.2. The Morgan fingerprint density at radius 2 is 2.00 bits per heavy atom. The summed E-state index contributed by atoms with van der Waals surface area (Å²) in [5.74, 6) is -0.584. The Morgan fingerprint density at radius 1 is 1.28 bits per heavy atom. The largest absolute Gasteiger partial charge is 0.411 e. The number of nitrogens with one attached hydrogen (secondary N) is 2. The van der Waals surface area contributed by atoms with E-state index in [9.17, 15) is 9.18 Å². The Hall–Kier alpha value is -3.49. The minimum Gasteiger partial charge on any atom is -0.411 e. The number of rotatable bonds is 6. The van der Waals surface area contributed by atoms with Crippen LogP contribution in [0.5, 0.6) is 0 Å². The highest BCUT2D eigenvalue weighted by atomic mass is 19.1. The first-order valence-electron chi connectivity index (χ1n) is 10.9. The molecule has 0 radical (unpaired) electrons. The van der Waals surface area contributed by atoms with Crippen molar-refractivity contribution < 1.29 is 14.4 Å². The number of aryl methyl sites for hydroxylation is 1. The summed E-state index contributed by atoms with van der Waals surface area (Å²) in [5.41, 5.74) is 3.46. The van der Waals surface area contributed by atoms with Gasteiger partial charge in [0.1, 0.15) is 5.82 Å². The molecule has 168 valence electrons. The number of pyridine rings is 1. The van der Waals surface area contributed by atoms with E-state index in [4.69, 9.17) is 5.21 Å². The van der Waals surface area contributed by atoms with Crippen molar-refractivity contribution in [2.75, 3.05) is 5.32 Å². The third-order valence-electron chi connectivity index (χ3n) is 5.98. The van der Waals surface area contributed by atoms with E-state index in [-0.39, 0.29) is 23.8 Å². The second-order valence-electron chi connectivity index (χ2n) is 8.08. The summed E-state index contributed by atoms with van der Waals surface area (Å²) in [6.45, 7) is 4.52. The first-order valence-corrected chi connectivity index (χ1v) is 10.9. The van der Waals surface area contributed by atoms with Crippen LogP contribution in [-0.2, 0) is 6.54 Å². The van der Waals surface area contributed by atoms with Gasteiger partial charge in [-0.2, -0.15) is 5.10 Å². The van der Waals surface area contributed by atoms with Crippen molar-refractivity contribution >= 4 is 28.3 Å². The number of hydrogen-bond donors (Lipinski definition) is 3. The second kappa shape index (κ2) is 9.33. The van der Waals surface area contributed by atoms with Crippen molar-refractivity contribution in [1.29, 1.82) is 0 Å². The van der Waals surface area contributed by atoms with Gasteiger partial charge in [0.25, 0.3) is 5.91 Å². The van der Waals surface area contributed by atoms with Gasteiger partial charge in [-0.05, 0) is 57.2 Å². The van der Waals surface area contributed by atoms with Crippen molar-refractivity contribution in [3.8, 4) is 0 Å². The number of anilines is 1. The molecule has 9 heteroatoms. The standard InChI is InChI=1S/C23H27FN6O2/c1-3-30-22-19(13-26-30)21(28-17-8-10-18(29-32)11-9-17)20(12-25-22)23(31)27-14(2)15-4-6-16(24)7-5-15/h4-7,12-14,17,32H,3,8-11H2,1-2H3,(H,25,28)(H,27,31). The molecule has 8 nitrogen and oxygen atoms in total. The summed E-state index contributed by atoms with van der Waals surface area (Å²) >= 11 is 0. The molecule has 3 aromatic rings. The zero-order valence-corrected chi connectivity index (χ0v) is 18.2. The molecule has 0 saturated heterocycles. The van der Waals surface area contributed by atoms with Crippen LogP contribution in [0.1, 0.15) is 61.5 Å². The average Bonchev–Trinajstić information content (AvgIpc) is 3.23. The molecule has 0 aliphatic heterocycles. The number of hydrogen-bond acceptors (Lipinski definition) is 6. The molecular weight excluding hydrogens is 411 g/mol. The van der Waals surface area contributed by atoms with Crippen molar-refractivity contribution in [3.05, 3.63) is 53.6 Å². The number of fused-ring (bicyclic) bond motifs is 1. The van der Waals surface area contributed by atoms with Crippen LogP contribution in [0.3, 0.4) is 0 Å². The van der Waals surface area contributed by atoms with E-state index < -0.39 is 0 Å². The van der Waals surface area contributed by atoms with E-state index in [0.29, 0.717) is 36.3 Å². The highest BCUT2D eigenvalue weighted by Gasteiger charge is 2.24. The molecule has 3 N–H and O–H groups in total. The van der Waals surface area contributed by atoms with Gasteiger partial charge in [0.2, 0.25) is 0 Å². The van der Waals surface area contributed by atoms with Crippen molar-refractivity contribution in [3.63, 3.8) is 0 Å². The molecule has 4 rings (SSSR count). The van der Waals surface area contributed by atoms with Gasteiger partial charge in [0.05, 0.1) is 34.6 Å². The maximum absolute atomic E-state index is 13.2. The van der Waals surface area contributed by atoms with Gasteiger partial charge in [0, 0.05) is 18.8 Å². The summed E-state index contributed by atoms with van der Waals surface area (Å²) in [7, 11) is 0. The number of aromatic nitrogens is 3. The molecular formula is C23H27FN6O2. The first kappa shape index (κ1) is 21.7. The zero-order valence-electron chi connectivity index (χ0n) is 18.2. The van der Waals surface area contributed by atoms with Crippen LogP contribution in [0, 0.1) is 5.82 Å². The van der Waals surface area contributed by atoms with E-state index >= 15 is 0 Å². The quantitative estimate of drug-likeness (QED) is 0.394. The molecule has 1 atom stereocenters. The highest BCUT2D eigenvalue weighted by Crippen LogP contribution is 2.30. The fourth-order valence-electron chi connectivity index (χ4n) is 4.09. The number of carbonyl (C=O) groups is 1. The molecule has 0 bridgehead atoms. The summed E-state index contributed by atoms with van der Waals surface area (Å²) in [6, 6.07) is 5.92. The van der Waals surface area contributed by atoms with E-state index in [0.717, 1.165) is 29.5 Å². The van der Waals surface area contributed by atoms with Gasteiger partial charge in [-0.1, -0.05) is 17.3 Å². The third kappa shape index (κ3) is 4.42. The monoisotopic (exact) mass is 438 g/mol. The lowest BCUT2D eigenvalue weighted by Gasteiger charge is -2.26. The molecule has 1 aromatic carbocycles. The number of benzene rings is 1. The number of halogens is 1. The van der Waals surface area contributed by atoms with Crippen molar-refractivity contribution in [2.45, 2.75) is 58.2 Å².